The molecule has 0 unspecified atom stereocenters. The summed E-state index contributed by atoms with van der Waals surface area (Å²) in [6.45, 7) is 7.77. The van der Waals surface area contributed by atoms with E-state index in [1.165, 1.54) is 22.3 Å². The first kappa shape index (κ1) is 12.7. The summed E-state index contributed by atoms with van der Waals surface area (Å²) < 4.78 is 10.8. The Hall–Kier alpha value is -0.730. The minimum Gasteiger partial charge on any atom is -0.496 e. The fourth-order valence-electron chi connectivity index (χ4n) is 2.58. The molecular formula is C14H19ClO2. The summed E-state index contributed by atoms with van der Waals surface area (Å²) in [6.07, 6.45) is 0. The molecule has 1 saturated heterocycles. The molecule has 1 fully saturated rings. The highest BCUT2D eigenvalue weighted by atomic mass is 35.5. The average molecular weight is 255 g/mol. The summed E-state index contributed by atoms with van der Waals surface area (Å²) in [5.41, 5.74) is 4.97. The van der Waals surface area contributed by atoms with Crippen molar-refractivity contribution in [3.8, 4) is 5.75 Å². The highest BCUT2D eigenvalue weighted by Gasteiger charge is 2.41. The molecule has 1 heterocycles. The first-order chi connectivity index (χ1) is 8.05. The molecule has 3 heteroatoms. The number of aryl methyl sites for hydroxylation is 1. The van der Waals surface area contributed by atoms with Crippen molar-refractivity contribution in [1.29, 1.82) is 0 Å². The van der Waals surface area contributed by atoms with E-state index >= 15 is 0 Å². The number of rotatable bonds is 3. The van der Waals surface area contributed by atoms with Gasteiger partial charge in [0.2, 0.25) is 0 Å². The normalized spacial score (nSPS) is 17.7. The van der Waals surface area contributed by atoms with Crippen LogP contribution in [0.15, 0.2) is 6.07 Å². The molecule has 1 aliphatic rings. The van der Waals surface area contributed by atoms with Gasteiger partial charge in [-0.3, -0.25) is 0 Å². The van der Waals surface area contributed by atoms with E-state index in [0.29, 0.717) is 5.88 Å². The Labute approximate surface area is 108 Å². The van der Waals surface area contributed by atoms with Crippen LogP contribution in [0.1, 0.15) is 22.3 Å². The Morgan fingerprint density at radius 1 is 1.29 bits per heavy atom. The van der Waals surface area contributed by atoms with Crippen LogP contribution in [0, 0.1) is 20.8 Å². The number of alkyl halides is 1. The lowest BCUT2D eigenvalue weighted by molar-refractivity contribution is -0.0483. The second-order valence-electron chi connectivity index (χ2n) is 4.93. The molecule has 1 aromatic rings. The van der Waals surface area contributed by atoms with Crippen molar-refractivity contribution in [1.82, 2.24) is 0 Å². The van der Waals surface area contributed by atoms with E-state index in [4.69, 9.17) is 21.1 Å². The molecule has 2 nitrogen and oxygen atoms in total. The first-order valence-electron chi connectivity index (χ1n) is 5.84. The molecule has 94 valence electrons. The van der Waals surface area contributed by atoms with Gasteiger partial charge in [0.1, 0.15) is 5.75 Å². The molecule has 2 rings (SSSR count). The zero-order chi connectivity index (χ0) is 12.6. The van der Waals surface area contributed by atoms with E-state index in [0.717, 1.165) is 19.0 Å². The number of benzene rings is 1. The van der Waals surface area contributed by atoms with E-state index in [9.17, 15) is 0 Å². The monoisotopic (exact) mass is 254 g/mol. The number of hydrogen-bond donors (Lipinski definition) is 0. The molecule has 0 N–H and O–H groups in total. The zero-order valence-corrected chi connectivity index (χ0v) is 11.6. The van der Waals surface area contributed by atoms with Crippen LogP contribution in [0.4, 0.5) is 0 Å². The quantitative estimate of drug-likeness (QED) is 0.772. The van der Waals surface area contributed by atoms with Crippen LogP contribution >= 0.6 is 11.6 Å². The molecule has 0 spiro atoms. The SMILES string of the molecule is COc1c(C)cc(C2(CCl)COC2)c(C)c1C. The Bertz CT molecular complexity index is 431. The van der Waals surface area contributed by atoms with Gasteiger partial charge >= 0.3 is 0 Å². The summed E-state index contributed by atoms with van der Waals surface area (Å²) in [4.78, 5) is 0. The topological polar surface area (TPSA) is 18.5 Å². The van der Waals surface area contributed by atoms with Gasteiger partial charge in [0.15, 0.2) is 0 Å². The summed E-state index contributed by atoms with van der Waals surface area (Å²) in [6, 6.07) is 2.20. The van der Waals surface area contributed by atoms with E-state index in [-0.39, 0.29) is 5.41 Å². The van der Waals surface area contributed by atoms with Crippen molar-refractivity contribution in [2.45, 2.75) is 26.2 Å². The van der Waals surface area contributed by atoms with Crippen molar-refractivity contribution in [3.63, 3.8) is 0 Å². The third-order valence-corrected chi connectivity index (χ3v) is 4.33. The molecule has 17 heavy (non-hydrogen) atoms. The maximum absolute atomic E-state index is 6.13. The number of methoxy groups -OCH3 is 1. The van der Waals surface area contributed by atoms with E-state index in [2.05, 4.69) is 26.8 Å². The van der Waals surface area contributed by atoms with Crippen molar-refractivity contribution in [2.24, 2.45) is 0 Å². The van der Waals surface area contributed by atoms with Gasteiger partial charge in [-0.05, 0) is 43.0 Å². The van der Waals surface area contributed by atoms with Gasteiger partial charge in [-0.2, -0.15) is 0 Å². The molecule has 0 radical (unpaired) electrons. The lowest BCUT2D eigenvalue weighted by atomic mass is 9.76. The van der Waals surface area contributed by atoms with E-state index in [1.54, 1.807) is 7.11 Å². The van der Waals surface area contributed by atoms with Gasteiger partial charge in [0, 0.05) is 5.88 Å². The molecule has 0 aliphatic carbocycles. The standard InChI is InChI=1S/C14H19ClO2/c1-9-5-12(14(6-15)7-17-8-14)10(2)11(3)13(9)16-4/h5H,6-8H2,1-4H3. The zero-order valence-electron chi connectivity index (χ0n) is 10.9. The largest absolute Gasteiger partial charge is 0.496 e. The smallest absolute Gasteiger partial charge is 0.124 e. The molecule has 0 saturated carbocycles. The molecule has 1 aliphatic heterocycles. The van der Waals surface area contributed by atoms with Crippen LogP contribution < -0.4 is 4.74 Å². The van der Waals surface area contributed by atoms with E-state index in [1.807, 2.05) is 0 Å². The highest BCUT2D eigenvalue weighted by molar-refractivity contribution is 6.18. The minimum atomic E-state index is 0.00737. The molecule has 1 aromatic carbocycles. The number of hydrogen-bond acceptors (Lipinski definition) is 2. The molecule has 0 bridgehead atoms. The lowest BCUT2D eigenvalue weighted by Crippen LogP contribution is -2.49. The lowest BCUT2D eigenvalue weighted by Gasteiger charge is -2.42. The van der Waals surface area contributed by atoms with E-state index < -0.39 is 0 Å². The predicted octanol–water partition coefficient (Wildman–Crippen LogP) is 3.13. The Morgan fingerprint density at radius 3 is 2.35 bits per heavy atom. The summed E-state index contributed by atoms with van der Waals surface area (Å²) in [5, 5.41) is 0. The van der Waals surface area contributed by atoms with Crippen LogP contribution in [-0.2, 0) is 10.2 Å². The Kier molecular flexibility index (Phi) is 3.37. The third kappa shape index (κ3) is 1.84. The summed E-state index contributed by atoms with van der Waals surface area (Å²) in [5.74, 6) is 1.59. The van der Waals surface area contributed by atoms with Crippen LogP contribution in [-0.4, -0.2) is 26.2 Å². The minimum absolute atomic E-state index is 0.00737. The number of ether oxygens (including phenoxy) is 2. The van der Waals surface area contributed by atoms with Crippen molar-refractivity contribution in [3.05, 3.63) is 28.3 Å². The Balaban J connectivity index is 2.56. The predicted molar refractivity (Wildman–Crippen MR) is 70.4 cm³/mol. The van der Waals surface area contributed by atoms with Gasteiger partial charge in [0.05, 0.1) is 25.7 Å². The first-order valence-corrected chi connectivity index (χ1v) is 6.38. The maximum Gasteiger partial charge on any atom is 0.124 e. The molecule has 0 aromatic heterocycles. The molecule has 0 amide bonds. The van der Waals surface area contributed by atoms with Crippen LogP contribution in [0.2, 0.25) is 0 Å². The van der Waals surface area contributed by atoms with Gasteiger partial charge < -0.3 is 9.47 Å². The van der Waals surface area contributed by atoms with Gasteiger partial charge in [0.25, 0.3) is 0 Å². The second kappa shape index (κ2) is 4.51. The summed E-state index contributed by atoms with van der Waals surface area (Å²) in [7, 11) is 1.72. The van der Waals surface area contributed by atoms with Crippen LogP contribution in [0.5, 0.6) is 5.75 Å². The highest BCUT2D eigenvalue weighted by Crippen LogP contribution is 2.40. The average Bonchev–Trinajstić information content (AvgIpc) is 2.25. The molecular weight excluding hydrogens is 236 g/mol. The van der Waals surface area contributed by atoms with Crippen molar-refractivity contribution < 1.29 is 9.47 Å². The van der Waals surface area contributed by atoms with Gasteiger partial charge in [-0.1, -0.05) is 6.07 Å². The fourth-order valence-corrected chi connectivity index (χ4v) is 2.87. The fraction of sp³-hybridized carbons (Fsp3) is 0.571. The molecule has 0 atom stereocenters. The van der Waals surface area contributed by atoms with Crippen LogP contribution in [0.3, 0.4) is 0 Å². The van der Waals surface area contributed by atoms with Crippen molar-refractivity contribution >= 4 is 11.6 Å². The Morgan fingerprint density at radius 2 is 1.94 bits per heavy atom. The van der Waals surface area contributed by atoms with Crippen molar-refractivity contribution in [2.75, 3.05) is 26.2 Å². The van der Waals surface area contributed by atoms with Gasteiger partial charge in [-0.25, -0.2) is 0 Å². The maximum atomic E-state index is 6.13. The summed E-state index contributed by atoms with van der Waals surface area (Å²) >= 11 is 6.13. The van der Waals surface area contributed by atoms with Crippen LogP contribution in [0.25, 0.3) is 0 Å². The third-order valence-electron chi connectivity index (χ3n) is 3.81. The number of halogens is 1. The second-order valence-corrected chi connectivity index (χ2v) is 5.20. The van der Waals surface area contributed by atoms with Gasteiger partial charge in [-0.15, -0.1) is 11.6 Å².